The molecule has 25 nitrogen and oxygen atoms in total. The first-order valence-electron chi connectivity index (χ1n) is 24.1. The van der Waals surface area contributed by atoms with E-state index in [2.05, 4.69) is 76.4 Å². The van der Waals surface area contributed by atoms with Crippen LogP contribution >= 0.6 is 73.3 Å². The number of hydrogen-bond acceptors (Lipinski definition) is 25. The first kappa shape index (κ1) is 70.1. The van der Waals surface area contributed by atoms with Gasteiger partial charge >= 0.3 is 60.6 Å². The van der Waals surface area contributed by atoms with Crippen LogP contribution in [0.25, 0.3) is 0 Å². The molecule has 6 rings (SSSR count). The van der Waals surface area contributed by atoms with Crippen molar-refractivity contribution in [3.8, 4) is 0 Å². The molecule has 79 heavy (non-hydrogen) atoms. The van der Waals surface area contributed by atoms with E-state index in [1.54, 1.807) is 34.6 Å². The Labute approximate surface area is 492 Å². The Bertz CT molecular complexity index is 2010. The normalized spacial score (nSPS) is 18.5. The third-order valence-corrected chi connectivity index (χ3v) is 12.8. The van der Waals surface area contributed by atoms with Crippen molar-refractivity contribution in [2.75, 3.05) is 114 Å². The van der Waals surface area contributed by atoms with Crippen LogP contribution in [-0.4, -0.2) is 175 Å². The Balaban J connectivity index is 0.000000340. The summed E-state index contributed by atoms with van der Waals surface area (Å²) in [5, 5.41) is 0.780. The van der Waals surface area contributed by atoms with Crippen molar-refractivity contribution < 1.29 is 119 Å². The molecule has 0 spiro atoms. The second-order valence-electron chi connectivity index (χ2n) is 18.8. The van der Waals surface area contributed by atoms with Gasteiger partial charge in [0, 0.05) is 27.4 Å². The number of carbonyl (C=O) groups is 10. The van der Waals surface area contributed by atoms with Crippen LogP contribution in [0.5, 0.6) is 0 Å². The van der Waals surface area contributed by atoms with Crippen LogP contribution in [-0.2, 0) is 108 Å². The summed E-state index contributed by atoms with van der Waals surface area (Å²) in [7, 11) is 0. The van der Waals surface area contributed by atoms with Crippen molar-refractivity contribution in [1.82, 2.24) is 0 Å². The summed E-state index contributed by atoms with van der Waals surface area (Å²) in [5.41, 5.74) is -2.63. The molecule has 1 aromatic rings. The number of alkyl halides is 5. The maximum absolute atomic E-state index is 12.0. The molecule has 0 aromatic heterocycles. The van der Waals surface area contributed by atoms with Gasteiger partial charge < -0.3 is 71.1 Å². The maximum Gasteiger partial charge on any atom is 0.508 e. The summed E-state index contributed by atoms with van der Waals surface area (Å²) in [6.07, 6.45) is -1.77. The molecule has 0 N–H and O–H groups in total. The molecule has 0 aliphatic carbocycles. The maximum atomic E-state index is 12.0. The minimum Gasteiger partial charge on any atom is -0.465 e. The van der Waals surface area contributed by atoms with Crippen LogP contribution in [0.2, 0.25) is 0 Å². The number of ether oxygens (including phenoxy) is 15. The second-order valence-corrected chi connectivity index (χ2v) is 21.7. The first-order chi connectivity index (χ1) is 37.4. The average Bonchev–Trinajstić information content (AvgIpc) is 3.45. The zero-order chi connectivity index (χ0) is 59.1. The summed E-state index contributed by atoms with van der Waals surface area (Å²) in [4.78, 5) is 111. The third kappa shape index (κ3) is 25.1. The van der Waals surface area contributed by atoms with Gasteiger partial charge in [-0.25, -0.2) is 24.0 Å². The highest BCUT2D eigenvalue weighted by molar-refractivity contribution is 14.1. The van der Waals surface area contributed by atoms with Gasteiger partial charge in [-0.1, -0.05) is 62.8 Å². The van der Waals surface area contributed by atoms with E-state index in [-0.39, 0.29) is 91.9 Å². The lowest BCUT2D eigenvalue weighted by atomic mass is 9.92. The van der Waals surface area contributed by atoms with E-state index in [1.807, 2.05) is 24.3 Å². The van der Waals surface area contributed by atoms with E-state index >= 15 is 0 Å². The number of hydrogen-bond donors (Lipinski definition) is 0. The topological polar surface area (TPSA) is 309 Å². The summed E-state index contributed by atoms with van der Waals surface area (Å²) in [6, 6.07) is 7.46. The summed E-state index contributed by atoms with van der Waals surface area (Å²) >= 11 is 21.9. The highest BCUT2D eigenvalue weighted by Gasteiger charge is 2.45. The lowest BCUT2D eigenvalue weighted by Gasteiger charge is -2.29. The third-order valence-electron chi connectivity index (χ3n) is 10.9. The lowest BCUT2D eigenvalue weighted by molar-refractivity contribution is -0.168. The molecule has 0 radical (unpaired) electrons. The van der Waals surface area contributed by atoms with Gasteiger partial charge in [0.2, 0.25) is 0 Å². The highest BCUT2D eigenvalue weighted by atomic mass is 127. The zero-order valence-corrected chi connectivity index (χ0v) is 50.2. The highest BCUT2D eigenvalue weighted by Crippen LogP contribution is 2.28. The van der Waals surface area contributed by atoms with Crippen molar-refractivity contribution in [3.63, 3.8) is 0 Å². The van der Waals surface area contributed by atoms with Crippen molar-refractivity contribution in [3.05, 3.63) is 35.4 Å². The summed E-state index contributed by atoms with van der Waals surface area (Å²) < 4.78 is 72.4. The molecule has 5 fully saturated rings. The van der Waals surface area contributed by atoms with Crippen LogP contribution in [0.3, 0.4) is 0 Å². The van der Waals surface area contributed by atoms with Crippen LogP contribution in [0.1, 0.15) is 65.0 Å². The number of cyclic esters (lactones) is 10. The fourth-order valence-electron chi connectivity index (χ4n) is 5.72. The molecule has 5 heterocycles. The Kier molecular flexibility index (Phi) is 31.7. The molecule has 0 unspecified atom stereocenters. The van der Waals surface area contributed by atoms with E-state index < -0.39 is 81.7 Å². The molecule has 1 aromatic carbocycles. The van der Waals surface area contributed by atoms with Gasteiger partial charge in [-0.3, -0.25) is 24.0 Å². The smallest absolute Gasteiger partial charge is 0.465 e. The van der Waals surface area contributed by atoms with E-state index in [1.165, 1.54) is 0 Å². The minimum atomic E-state index is -0.954. The lowest BCUT2D eigenvalue weighted by Crippen LogP contribution is -2.44. The van der Waals surface area contributed by atoms with Gasteiger partial charge in [-0.05, 0) is 65.0 Å². The fraction of sp³-hybridized carbons (Fsp3) is 0.673. The summed E-state index contributed by atoms with van der Waals surface area (Å²) in [6.45, 7) is 9.57. The largest absolute Gasteiger partial charge is 0.508 e. The second kappa shape index (κ2) is 35.7. The van der Waals surface area contributed by atoms with Crippen molar-refractivity contribution >= 4 is 134 Å². The van der Waals surface area contributed by atoms with E-state index in [0.29, 0.717) is 43.7 Å². The van der Waals surface area contributed by atoms with Gasteiger partial charge in [0.15, 0.2) is 0 Å². The molecule has 5 aliphatic heterocycles. The van der Waals surface area contributed by atoms with E-state index in [0.717, 1.165) is 27.3 Å². The zero-order valence-electron chi connectivity index (χ0n) is 44.2. The number of rotatable bonds is 19. The van der Waals surface area contributed by atoms with Gasteiger partial charge in [0.25, 0.3) is 0 Å². The molecule has 0 atom stereocenters. The van der Waals surface area contributed by atoms with Crippen molar-refractivity contribution in [2.45, 2.75) is 66.4 Å². The monoisotopic (exact) mass is 1360 g/mol. The fourth-order valence-corrected chi connectivity index (χ4v) is 6.57. The average molecular weight is 1370 g/mol. The van der Waals surface area contributed by atoms with E-state index in [4.69, 9.17) is 68.0 Å². The molecule has 0 bridgehead atoms. The first-order valence-corrected chi connectivity index (χ1v) is 28.3. The van der Waals surface area contributed by atoms with Gasteiger partial charge in [-0.15, -0.1) is 34.8 Å². The van der Waals surface area contributed by atoms with Gasteiger partial charge in [0.1, 0.15) is 106 Å². The van der Waals surface area contributed by atoms with Gasteiger partial charge in [-0.2, -0.15) is 0 Å². The Morgan fingerprint density at radius 1 is 0.430 bits per heavy atom. The Hall–Kier alpha value is -5.00. The van der Waals surface area contributed by atoms with Crippen molar-refractivity contribution in [1.29, 1.82) is 0 Å². The SMILES string of the molecule is CC1(C(=O)OCCCBr)COC(=O)OC1.CC1(C(=O)OCCCCl)COC(=O)OC1.CC1(C(=O)OCCCCl)COC(=O)OC1.CC1(C(=O)OCCI)COC(=O)OC1.CC1(C(=O)OCc2ccc(CCl)cc2)COC(=O)OC1. The van der Waals surface area contributed by atoms with Crippen LogP contribution in [0.15, 0.2) is 24.3 Å². The molecule has 0 amide bonds. The molecule has 0 saturated carbocycles. The van der Waals surface area contributed by atoms with Crippen LogP contribution in [0, 0.1) is 27.1 Å². The molecule has 5 aliphatic rings. The van der Waals surface area contributed by atoms with Crippen molar-refractivity contribution in [2.24, 2.45) is 27.1 Å². The van der Waals surface area contributed by atoms with Crippen LogP contribution in [0.4, 0.5) is 24.0 Å². The Morgan fingerprint density at radius 2 is 0.671 bits per heavy atom. The number of benzene rings is 1. The van der Waals surface area contributed by atoms with Crippen LogP contribution < -0.4 is 0 Å². The number of esters is 5. The Morgan fingerprint density at radius 3 is 0.911 bits per heavy atom. The molecule has 446 valence electrons. The van der Waals surface area contributed by atoms with E-state index in [9.17, 15) is 47.9 Å². The molecule has 5 saturated heterocycles. The van der Waals surface area contributed by atoms with Gasteiger partial charge in [0.05, 0.1) is 19.8 Å². The number of carbonyl (C=O) groups excluding carboxylic acids is 10. The minimum absolute atomic E-state index is 0.00839. The standard InChI is InChI=1S/C14H15ClO5.C9H13BrO5.2C9H13ClO5.C8H11IO5/c1-14(8-19-13(17)20-9-14)12(16)18-7-11-4-2-10(6-15)3-5-11;3*1-9(5-14-8(12)15-6-9)7(11)13-4-2-3-10;1-8(6(10)12-3-2-9)4-13-7(11)14-5-8/h2-5H,6-9H2,1H3;3*2-6H2,1H3;2-5H2,1H3. The predicted octanol–water partition coefficient (Wildman–Crippen LogP) is 7.93. The molecule has 30 heteroatoms. The number of halogens is 5. The molecular formula is C49H65BrCl3IO25. The predicted molar refractivity (Wildman–Crippen MR) is 285 cm³/mol. The quantitative estimate of drug-likeness (QED) is 0.0417. The molecular weight excluding hydrogens is 1300 g/mol. The summed E-state index contributed by atoms with van der Waals surface area (Å²) in [5.74, 6) is -0.768.